The number of anilines is 1. The van der Waals surface area contributed by atoms with Crippen molar-refractivity contribution in [3.05, 3.63) is 47.5 Å². The second kappa shape index (κ2) is 14.2. The molecule has 3 rings (SSSR count). The standard InChI is InChI=1S/C26H35N3O7/c1-34-24-10-7-19(16-23(24)30)18-27-26(32)21-17-20(8-9-22(21)29-11-14-35-15-12-29)36-13-5-3-2-4-6-25(31)28-33/h7-10,16-17,30,33H,2-6,11-15,18H2,1H3,(H,27,32)(H,28,31). The molecule has 36 heavy (non-hydrogen) atoms. The number of amides is 2. The molecule has 2 amide bonds. The zero-order valence-corrected chi connectivity index (χ0v) is 20.6. The Labute approximate surface area is 211 Å². The number of aromatic hydroxyl groups is 1. The highest BCUT2D eigenvalue weighted by atomic mass is 16.5. The van der Waals surface area contributed by atoms with Gasteiger partial charge in [0.1, 0.15) is 5.75 Å². The van der Waals surface area contributed by atoms with Crippen molar-refractivity contribution in [2.24, 2.45) is 0 Å². The van der Waals surface area contributed by atoms with Crippen molar-refractivity contribution in [2.75, 3.05) is 44.9 Å². The second-order valence-corrected chi connectivity index (χ2v) is 8.51. The van der Waals surface area contributed by atoms with Crippen LogP contribution in [0.4, 0.5) is 5.69 Å². The summed E-state index contributed by atoms with van der Waals surface area (Å²) in [6, 6.07) is 10.6. The van der Waals surface area contributed by atoms with Gasteiger partial charge in [0.2, 0.25) is 5.91 Å². The Morgan fingerprint density at radius 3 is 2.56 bits per heavy atom. The molecule has 0 radical (unpaired) electrons. The molecule has 0 atom stereocenters. The van der Waals surface area contributed by atoms with Crippen molar-refractivity contribution >= 4 is 17.5 Å². The molecule has 1 aliphatic heterocycles. The Hall–Kier alpha value is -3.50. The number of phenolic OH excluding ortho intramolecular Hbond substituents is 1. The van der Waals surface area contributed by atoms with Gasteiger partial charge in [-0.2, -0.15) is 0 Å². The van der Waals surface area contributed by atoms with Crippen molar-refractivity contribution in [1.29, 1.82) is 0 Å². The Morgan fingerprint density at radius 2 is 1.83 bits per heavy atom. The molecule has 0 saturated carbocycles. The summed E-state index contributed by atoms with van der Waals surface area (Å²) in [5, 5.41) is 21.5. The topological polar surface area (TPSA) is 130 Å². The van der Waals surface area contributed by atoms with Gasteiger partial charge in [-0.05, 0) is 48.7 Å². The molecular weight excluding hydrogens is 466 g/mol. The van der Waals surface area contributed by atoms with Crippen LogP contribution in [0.3, 0.4) is 0 Å². The van der Waals surface area contributed by atoms with Crippen LogP contribution in [0.25, 0.3) is 0 Å². The summed E-state index contributed by atoms with van der Waals surface area (Å²) < 4.78 is 16.4. The Balaban J connectivity index is 1.61. The number of carbonyl (C=O) groups is 2. The molecule has 196 valence electrons. The number of phenols is 1. The molecule has 10 heteroatoms. The SMILES string of the molecule is COc1ccc(CNC(=O)c2cc(OCCCCCCC(=O)NO)ccc2N2CCOCC2)cc1O. The average Bonchev–Trinajstić information content (AvgIpc) is 2.91. The van der Waals surface area contributed by atoms with Crippen molar-refractivity contribution in [2.45, 2.75) is 38.6 Å². The number of carbonyl (C=O) groups excluding carboxylic acids is 2. The number of ether oxygens (including phenoxy) is 3. The lowest BCUT2D eigenvalue weighted by Gasteiger charge is -2.30. The van der Waals surface area contributed by atoms with Gasteiger partial charge in [0.15, 0.2) is 11.5 Å². The first-order chi connectivity index (χ1) is 17.5. The Kier molecular flexibility index (Phi) is 10.7. The fraction of sp³-hybridized carbons (Fsp3) is 0.462. The maximum atomic E-state index is 13.2. The molecule has 2 aromatic rings. The van der Waals surface area contributed by atoms with E-state index in [-0.39, 0.29) is 24.1 Å². The van der Waals surface area contributed by atoms with E-state index in [0.29, 0.717) is 62.8 Å². The van der Waals surface area contributed by atoms with E-state index in [1.807, 2.05) is 12.1 Å². The predicted octanol–water partition coefficient (Wildman–Crippen LogP) is 3.00. The Bertz CT molecular complexity index is 1010. The van der Waals surface area contributed by atoms with Crippen molar-refractivity contribution < 1.29 is 34.1 Å². The maximum Gasteiger partial charge on any atom is 0.253 e. The largest absolute Gasteiger partial charge is 0.504 e. The van der Waals surface area contributed by atoms with Gasteiger partial charge in [0, 0.05) is 31.7 Å². The summed E-state index contributed by atoms with van der Waals surface area (Å²) in [6.07, 6.45) is 3.58. The van der Waals surface area contributed by atoms with E-state index >= 15 is 0 Å². The number of nitrogens with zero attached hydrogens (tertiary/aromatic N) is 1. The van der Waals surface area contributed by atoms with E-state index in [2.05, 4.69) is 10.2 Å². The van der Waals surface area contributed by atoms with Crippen molar-refractivity contribution in [3.63, 3.8) is 0 Å². The fourth-order valence-corrected chi connectivity index (χ4v) is 3.98. The predicted molar refractivity (Wildman–Crippen MR) is 134 cm³/mol. The summed E-state index contributed by atoms with van der Waals surface area (Å²) in [4.78, 5) is 26.4. The number of unbranched alkanes of at least 4 members (excludes halogenated alkanes) is 3. The molecule has 1 fully saturated rings. The van der Waals surface area contributed by atoms with E-state index in [9.17, 15) is 14.7 Å². The van der Waals surface area contributed by atoms with Gasteiger partial charge in [-0.1, -0.05) is 18.9 Å². The molecule has 0 spiro atoms. The summed E-state index contributed by atoms with van der Waals surface area (Å²) in [7, 11) is 1.48. The van der Waals surface area contributed by atoms with Crippen LogP contribution < -0.4 is 25.2 Å². The van der Waals surface area contributed by atoms with E-state index in [1.165, 1.54) is 7.11 Å². The fourth-order valence-electron chi connectivity index (χ4n) is 3.98. The number of rotatable bonds is 13. The molecule has 1 saturated heterocycles. The van der Waals surface area contributed by atoms with Gasteiger partial charge in [0.25, 0.3) is 5.91 Å². The van der Waals surface area contributed by atoms with E-state index in [4.69, 9.17) is 19.4 Å². The van der Waals surface area contributed by atoms with Gasteiger partial charge < -0.3 is 29.5 Å². The first-order valence-corrected chi connectivity index (χ1v) is 12.2. The lowest BCUT2D eigenvalue weighted by Crippen LogP contribution is -2.38. The molecule has 0 bridgehead atoms. The summed E-state index contributed by atoms with van der Waals surface area (Å²) >= 11 is 0. The lowest BCUT2D eigenvalue weighted by molar-refractivity contribution is -0.129. The molecule has 4 N–H and O–H groups in total. The van der Waals surface area contributed by atoms with Crippen LogP contribution in [0.15, 0.2) is 36.4 Å². The molecule has 2 aromatic carbocycles. The third kappa shape index (κ3) is 8.03. The number of nitrogens with one attached hydrogen (secondary N) is 2. The number of hydrogen-bond acceptors (Lipinski definition) is 8. The number of hydroxylamine groups is 1. The lowest BCUT2D eigenvalue weighted by atomic mass is 10.1. The van der Waals surface area contributed by atoms with Gasteiger partial charge in [0.05, 0.1) is 32.5 Å². The molecule has 1 aliphatic rings. The minimum absolute atomic E-state index is 0.0188. The van der Waals surface area contributed by atoms with Crippen LogP contribution in [0.2, 0.25) is 0 Å². The van der Waals surface area contributed by atoms with Crippen molar-refractivity contribution in [1.82, 2.24) is 10.8 Å². The average molecular weight is 502 g/mol. The third-order valence-corrected chi connectivity index (χ3v) is 5.95. The minimum atomic E-state index is -0.374. The molecular formula is C26H35N3O7. The minimum Gasteiger partial charge on any atom is -0.504 e. The monoisotopic (exact) mass is 501 g/mol. The van der Waals surface area contributed by atoms with Crippen LogP contribution in [0.1, 0.15) is 48.0 Å². The van der Waals surface area contributed by atoms with Crippen LogP contribution >= 0.6 is 0 Å². The van der Waals surface area contributed by atoms with Gasteiger partial charge in [-0.25, -0.2) is 5.48 Å². The zero-order valence-electron chi connectivity index (χ0n) is 20.6. The van der Waals surface area contributed by atoms with E-state index in [1.54, 1.807) is 29.7 Å². The van der Waals surface area contributed by atoms with Crippen LogP contribution in [0.5, 0.6) is 17.2 Å². The molecule has 10 nitrogen and oxygen atoms in total. The summed E-state index contributed by atoms with van der Waals surface area (Å²) in [6.45, 7) is 3.34. The molecule has 0 unspecified atom stereocenters. The van der Waals surface area contributed by atoms with Crippen molar-refractivity contribution in [3.8, 4) is 17.2 Å². The van der Waals surface area contributed by atoms with Gasteiger partial charge >= 0.3 is 0 Å². The highest BCUT2D eigenvalue weighted by Crippen LogP contribution is 2.28. The number of benzene rings is 2. The number of morpholine rings is 1. The van der Waals surface area contributed by atoms with E-state index < -0.39 is 0 Å². The van der Waals surface area contributed by atoms with Crippen LogP contribution in [0, 0.1) is 0 Å². The molecule has 0 aromatic heterocycles. The Morgan fingerprint density at radius 1 is 1.06 bits per heavy atom. The maximum absolute atomic E-state index is 13.2. The second-order valence-electron chi connectivity index (χ2n) is 8.51. The first-order valence-electron chi connectivity index (χ1n) is 12.2. The highest BCUT2D eigenvalue weighted by molar-refractivity contribution is 6.00. The molecule has 0 aliphatic carbocycles. The zero-order chi connectivity index (χ0) is 25.8. The number of methoxy groups -OCH3 is 1. The summed E-state index contributed by atoms with van der Waals surface area (Å²) in [5.74, 6) is 0.394. The molecule has 1 heterocycles. The van der Waals surface area contributed by atoms with Crippen LogP contribution in [-0.4, -0.2) is 62.1 Å². The highest BCUT2D eigenvalue weighted by Gasteiger charge is 2.20. The number of hydrogen-bond donors (Lipinski definition) is 4. The quantitative estimate of drug-likeness (QED) is 0.187. The summed E-state index contributed by atoms with van der Waals surface area (Å²) in [5.41, 5.74) is 3.72. The van der Waals surface area contributed by atoms with Gasteiger partial charge in [-0.3, -0.25) is 14.8 Å². The van der Waals surface area contributed by atoms with Crippen LogP contribution in [-0.2, 0) is 16.1 Å². The first kappa shape index (κ1) is 27.1. The normalized spacial score (nSPS) is 13.2. The smallest absolute Gasteiger partial charge is 0.253 e. The van der Waals surface area contributed by atoms with Gasteiger partial charge in [-0.15, -0.1) is 0 Å². The third-order valence-electron chi connectivity index (χ3n) is 5.95. The van der Waals surface area contributed by atoms with E-state index in [0.717, 1.165) is 30.5 Å².